The Kier molecular flexibility index (Phi) is 6.05. The van der Waals surface area contributed by atoms with Crippen LogP contribution in [0.2, 0.25) is 0 Å². The van der Waals surface area contributed by atoms with Gasteiger partial charge in [0.25, 0.3) is 5.69 Å². The molecule has 0 bridgehead atoms. The zero-order valence-electron chi connectivity index (χ0n) is 11.5. The predicted octanol–water partition coefficient (Wildman–Crippen LogP) is 2.45. The summed E-state index contributed by atoms with van der Waals surface area (Å²) >= 11 is 0. The predicted molar refractivity (Wildman–Crippen MR) is 74.1 cm³/mol. The second-order valence-corrected chi connectivity index (χ2v) is 4.68. The summed E-state index contributed by atoms with van der Waals surface area (Å²) in [5.74, 6) is -1.13. The number of carbonyl (C=O) groups excluding carboxylic acids is 1. The van der Waals surface area contributed by atoms with Crippen molar-refractivity contribution < 1.29 is 14.1 Å². The second-order valence-electron chi connectivity index (χ2n) is 4.68. The van der Waals surface area contributed by atoms with Gasteiger partial charge in [-0.25, -0.2) is 4.39 Å². The molecule has 0 heterocycles. The molecule has 0 aliphatic rings. The van der Waals surface area contributed by atoms with E-state index in [9.17, 15) is 19.3 Å². The Labute approximate surface area is 116 Å². The van der Waals surface area contributed by atoms with Crippen molar-refractivity contribution in [2.24, 2.45) is 0 Å². The first kappa shape index (κ1) is 16.0. The fraction of sp³-hybridized carbons (Fsp3) is 0.462. The number of anilines is 1. The molecule has 110 valence electrons. The van der Waals surface area contributed by atoms with Gasteiger partial charge in [0.1, 0.15) is 0 Å². The van der Waals surface area contributed by atoms with Gasteiger partial charge in [-0.05, 0) is 19.0 Å². The first-order chi connectivity index (χ1) is 9.40. The van der Waals surface area contributed by atoms with E-state index in [1.54, 1.807) is 0 Å². The Morgan fingerprint density at radius 1 is 1.45 bits per heavy atom. The Morgan fingerprint density at radius 3 is 2.70 bits per heavy atom. The first-order valence-corrected chi connectivity index (χ1v) is 6.37. The number of nitro benzene ring substituents is 1. The Hall–Kier alpha value is -2.02. The van der Waals surface area contributed by atoms with Crippen LogP contribution >= 0.6 is 0 Å². The van der Waals surface area contributed by atoms with E-state index in [0.29, 0.717) is 19.0 Å². The number of benzene rings is 1. The lowest BCUT2D eigenvalue weighted by Gasteiger charge is -2.08. The molecule has 0 fully saturated rings. The van der Waals surface area contributed by atoms with Crippen molar-refractivity contribution in [3.63, 3.8) is 0 Å². The molecule has 0 atom stereocenters. The Bertz CT molecular complexity index is 492. The molecule has 0 aliphatic carbocycles. The molecule has 0 unspecified atom stereocenters. The highest BCUT2D eigenvalue weighted by molar-refractivity contribution is 5.90. The van der Waals surface area contributed by atoms with Gasteiger partial charge in [-0.1, -0.05) is 13.8 Å². The maximum atomic E-state index is 13.5. The standard InChI is InChI=1S/C13H18FN3O3/c1-9(2)15-7-3-4-13(18)16-12-6-5-10(17(19)20)8-11(12)14/h5-6,8-9,15H,3-4,7H2,1-2H3,(H,16,18). The number of nitrogens with zero attached hydrogens (tertiary/aromatic N) is 1. The number of hydrogen-bond donors (Lipinski definition) is 2. The van der Waals surface area contributed by atoms with Crippen LogP contribution < -0.4 is 10.6 Å². The first-order valence-electron chi connectivity index (χ1n) is 6.37. The normalized spacial score (nSPS) is 10.6. The highest BCUT2D eigenvalue weighted by atomic mass is 19.1. The molecule has 2 N–H and O–H groups in total. The monoisotopic (exact) mass is 283 g/mol. The van der Waals surface area contributed by atoms with Crippen molar-refractivity contribution in [2.45, 2.75) is 32.7 Å². The van der Waals surface area contributed by atoms with Crippen molar-refractivity contribution >= 4 is 17.3 Å². The van der Waals surface area contributed by atoms with Crippen LogP contribution in [0.25, 0.3) is 0 Å². The van der Waals surface area contributed by atoms with Crippen molar-refractivity contribution in [1.82, 2.24) is 5.32 Å². The van der Waals surface area contributed by atoms with Gasteiger partial charge in [-0.15, -0.1) is 0 Å². The van der Waals surface area contributed by atoms with Crippen molar-refractivity contribution in [2.75, 3.05) is 11.9 Å². The molecule has 0 saturated heterocycles. The summed E-state index contributed by atoms with van der Waals surface area (Å²) < 4.78 is 13.5. The smallest absolute Gasteiger partial charge is 0.272 e. The summed E-state index contributed by atoms with van der Waals surface area (Å²) in [5.41, 5.74) is -0.390. The minimum Gasteiger partial charge on any atom is -0.324 e. The van der Waals surface area contributed by atoms with E-state index < -0.39 is 10.7 Å². The number of amides is 1. The molecule has 1 amide bonds. The zero-order chi connectivity index (χ0) is 15.1. The fourth-order valence-electron chi connectivity index (χ4n) is 1.57. The van der Waals surface area contributed by atoms with E-state index >= 15 is 0 Å². The van der Waals surface area contributed by atoms with Crippen LogP contribution in [0.3, 0.4) is 0 Å². The average molecular weight is 283 g/mol. The number of nitro groups is 1. The summed E-state index contributed by atoms with van der Waals surface area (Å²) in [6.07, 6.45) is 0.898. The Morgan fingerprint density at radius 2 is 2.15 bits per heavy atom. The van der Waals surface area contributed by atoms with Gasteiger partial charge >= 0.3 is 0 Å². The minimum absolute atomic E-state index is 0.0441. The number of nitrogens with one attached hydrogen (secondary N) is 2. The van der Waals surface area contributed by atoms with Crippen LogP contribution in [-0.2, 0) is 4.79 Å². The quantitative estimate of drug-likeness (QED) is 0.457. The molecule has 0 radical (unpaired) electrons. The van der Waals surface area contributed by atoms with Crippen molar-refractivity contribution in [3.8, 4) is 0 Å². The molecular formula is C13H18FN3O3. The number of non-ortho nitro benzene ring substituents is 1. The van der Waals surface area contributed by atoms with Crippen LogP contribution in [0.4, 0.5) is 15.8 Å². The van der Waals surface area contributed by atoms with Gasteiger partial charge in [0.2, 0.25) is 5.91 Å². The number of rotatable bonds is 7. The van der Waals surface area contributed by atoms with Gasteiger partial charge in [-0.2, -0.15) is 0 Å². The lowest BCUT2D eigenvalue weighted by atomic mass is 10.2. The molecule has 20 heavy (non-hydrogen) atoms. The third-order valence-electron chi connectivity index (χ3n) is 2.57. The third kappa shape index (κ3) is 5.31. The SMILES string of the molecule is CC(C)NCCCC(=O)Nc1ccc([N+](=O)[O-])cc1F. The van der Waals surface area contributed by atoms with Gasteiger partial charge in [0.05, 0.1) is 16.7 Å². The highest BCUT2D eigenvalue weighted by Crippen LogP contribution is 2.20. The molecule has 0 aromatic heterocycles. The maximum absolute atomic E-state index is 13.5. The summed E-state index contributed by atoms with van der Waals surface area (Å²) in [6.45, 7) is 4.71. The zero-order valence-corrected chi connectivity index (χ0v) is 11.5. The summed E-state index contributed by atoms with van der Waals surface area (Å²) in [4.78, 5) is 21.4. The van der Waals surface area contributed by atoms with Crippen molar-refractivity contribution in [1.29, 1.82) is 0 Å². The van der Waals surface area contributed by atoms with Crippen molar-refractivity contribution in [3.05, 3.63) is 34.1 Å². The second kappa shape index (κ2) is 7.54. The highest BCUT2D eigenvalue weighted by Gasteiger charge is 2.12. The average Bonchev–Trinajstić information content (AvgIpc) is 2.36. The van der Waals surface area contributed by atoms with Gasteiger partial charge in [0.15, 0.2) is 5.82 Å². The molecule has 1 rings (SSSR count). The Balaban J connectivity index is 2.48. The van der Waals surface area contributed by atoms with Gasteiger partial charge in [-0.3, -0.25) is 14.9 Å². The van der Waals surface area contributed by atoms with Crippen LogP contribution in [0.15, 0.2) is 18.2 Å². The molecule has 0 saturated carbocycles. The number of halogens is 1. The molecule has 0 aliphatic heterocycles. The molecule has 0 spiro atoms. The molecule has 7 heteroatoms. The molecule has 6 nitrogen and oxygen atoms in total. The number of carbonyl (C=O) groups is 1. The molecule has 1 aromatic rings. The van der Waals surface area contributed by atoms with E-state index in [1.165, 1.54) is 6.07 Å². The fourth-order valence-corrected chi connectivity index (χ4v) is 1.57. The van der Waals surface area contributed by atoms with E-state index in [1.807, 2.05) is 13.8 Å². The summed E-state index contributed by atoms with van der Waals surface area (Å²) in [7, 11) is 0. The van der Waals surface area contributed by atoms with Crippen LogP contribution in [0, 0.1) is 15.9 Å². The van der Waals surface area contributed by atoms with E-state index in [2.05, 4.69) is 10.6 Å². The van der Waals surface area contributed by atoms with Crippen LogP contribution in [0.5, 0.6) is 0 Å². The maximum Gasteiger partial charge on any atom is 0.272 e. The van der Waals surface area contributed by atoms with Gasteiger partial charge < -0.3 is 10.6 Å². The topological polar surface area (TPSA) is 84.3 Å². The number of hydrogen-bond acceptors (Lipinski definition) is 4. The van der Waals surface area contributed by atoms with E-state index in [0.717, 1.165) is 12.1 Å². The summed E-state index contributed by atoms with van der Waals surface area (Å²) in [6, 6.07) is 3.48. The van der Waals surface area contributed by atoms with E-state index in [4.69, 9.17) is 0 Å². The minimum atomic E-state index is -0.812. The molecular weight excluding hydrogens is 265 g/mol. The van der Waals surface area contributed by atoms with E-state index in [-0.39, 0.29) is 23.7 Å². The lowest BCUT2D eigenvalue weighted by molar-refractivity contribution is -0.385. The van der Waals surface area contributed by atoms with Gasteiger partial charge in [0, 0.05) is 18.5 Å². The lowest BCUT2D eigenvalue weighted by Crippen LogP contribution is -2.24. The summed E-state index contributed by atoms with van der Waals surface area (Å²) in [5, 5.41) is 16.0. The third-order valence-corrected chi connectivity index (χ3v) is 2.57. The largest absolute Gasteiger partial charge is 0.324 e. The molecule has 1 aromatic carbocycles. The van der Waals surface area contributed by atoms with Crippen LogP contribution in [-0.4, -0.2) is 23.4 Å². The van der Waals surface area contributed by atoms with Crippen LogP contribution in [0.1, 0.15) is 26.7 Å².